The van der Waals surface area contributed by atoms with Gasteiger partial charge in [0.05, 0.1) is 33.2 Å². The number of nitrogens with one attached hydrogen (secondary N) is 1. The Morgan fingerprint density at radius 1 is 1.29 bits per heavy atom. The molecule has 2 aliphatic heterocycles. The third kappa shape index (κ3) is 6.13. The minimum absolute atomic E-state index is 0. The summed E-state index contributed by atoms with van der Waals surface area (Å²) in [6, 6.07) is 6.28. The number of rotatable bonds is 8. The number of fused-ring (bicyclic) bond motifs is 1. The molecule has 3 heterocycles. The number of carboxylic acids is 1. The fraction of sp³-hybridized carbons (Fsp3) is 0.227. The first-order valence-electron chi connectivity index (χ1n) is 10.5. The number of thioether (sulfide) groups is 1. The van der Waals surface area contributed by atoms with Gasteiger partial charge in [0.1, 0.15) is 18.0 Å². The molecule has 2 amide bonds. The fourth-order valence-corrected chi connectivity index (χ4v) is 6.77. The van der Waals surface area contributed by atoms with Crippen molar-refractivity contribution < 1.29 is 67.0 Å². The first kappa shape index (κ1) is 29.9. The summed E-state index contributed by atoms with van der Waals surface area (Å²) in [4.78, 5) is 53.9. The van der Waals surface area contributed by atoms with Crippen LogP contribution in [0.1, 0.15) is 12.6 Å². The molecule has 2 aliphatic rings. The van der Waals surface area contributed by atoms with Gasteiger partial charge in [-0.2, -0.15) is 0 Å². The normalized spacial score (nSPS) is 19.1. The van der Waals surface area contributed by atoms with E-state index in [1.54, 1.807) is 6.07 Å². The number of carbonyl (C=O) groups excluding carboxylic acids is 4. The van der Waals surface area contributed by atoms with Crippen LogP contribution in [0.25, 0.3) is 5.57 Å². The molecule has 1 unspecified atom stereocenters. The molecule has 4 rings (SSSR count). The Bertz CT molecular complexity index is 1460. The number of β-lactam (4-membered cyclic amide) rings is 1. The maximum Gasteiger partial charge on any atom is 1.00 e. The van der Waals surface area contributed by atoms with Crippen molar-refractivity contribution in [3.05, 3.63) is 58.1 Å². The van der Waals surface area contributed by atoms with E-state index in [-0.39, 0.29) is 68.8 Å². The van der Waals surface area contributed by atoms with Crippen LogP contribution in [0.15, 0.2) is 57.3 Å². The van der Waals surface area contributed by atoms with Crippen molar-refractivity contribution >= 4 is 67.4 Å². The Morgan fingerprint density at radius 3 is 2.55 bits per heavy atom. The number of nitrogen functional groups attached to an aromatic ring is 1. The molecule has 0 spiro atoms. The summed E-state index contributed by atoms with van der Waals surface area (Å²) in [5.74, 6) is -3.80. The van der Waals surface area contributed by atoms with Crippen molar-refractivity contribution in [1.29, 1.82) is 0 Å². The van der Waals surface area contributed by atoms with Gasteiger partial charge in [-0.05, 0) is 12.1 Å². The first-order chi connectivity index (χ1) is 17.5. The summed E-state index contributed by atoms with van der Waals surface area (Å²) in [6.07, 6.45) is 0. The second-order valence-electron chi connectivity index (χ2n) is 7.84. The van der Waals surface area contributed by atoms with Crippen molar-refractivity contribution in [2.24, 2.45) is 0 Å². The minimum Gasteiger partial charge on any atom is -0.543 e. The van der Waals surface area contributed by atoms with Crippen LogP contribution in [-0.4, -0.2) is 65.8 Å². The molecule has 38 heavy (non-hydrogen) atoms. The number of amides is 2. The number of carboxylic acid groups (broad SMARTS) is 1. The summed E-state index contributed by atoms with van der Waals surface area (Å²) in [5, 5.41) is 15.7. The summed E-state index contributed by atoms with van der Waals surface area (Å²) in [6.45, 7) is 0.839. The number of sulfone groups is 1. The molecule has 2 aromatic rings. The molecule has 3 N–H and O–H groups in total. The van der Waals surface area contributed by atoms with Gasteiger partial charge in [-0.15, -0.1) is 23.1 Å². The second kappa shape index (κ2) is 12.0. The van der Waals surface area contributed by atoms with Crippen LogP contribution in [0.4, 0.5) is 5.13 Å². The van der Waals surface area contributed by atoms with Gasteiger partial charge in [-0.1, -0.05) is 18.2 Å². The number of nitrogens with two attached hydrogens (primary N) is 1. The monoisotopic (exact) mass is 586 g/mol. The van der Waals surface area contributed by atoms with Gasteiger partial charge in [0.25, 0.3) is 11.8 Å². The number of esters is 1. The second-order valence-corrected chi connectivity index (χ2v) is 11.6. The van der Waals surface area contributed by atoms with E-state index in [1.165, 1.54) is 29.6 Å². The standard InChI is InChI=1S/C22H20N4O8S3.Na/c1-11(27)34-7-12-8-35-20-16(19(29)26(20)17(12)21(30)31)25-18(28)14(15-9-36-22(23)24-15)10-37(32,33)13-5-3-2-4-6-13;/h2-6,9-10,16,20H,7-8H2,1H3,(H2,23,24)(H,25,28)(H,30,31);/q;+1/p-1/t16?,20-;/m0./s1. The van der Waals surface area contributed by atoms with E-state index in [4.69, 9.17) is 10.5 Å². The summed E-state index contributed by atoms with van der Waals surface area (Å²) >= 11 is 2.15. The zero-order valence-corrected chi connectivity index (χ0v) is 24.5. The van der Waals surface area contributed by atoms with Crippen LogP contribution in [-0.2, 0) is 33.8 Å². The molecule has 194 valence electrons. The Labute approximate surface area is 247 Å². The SMILES string of the molecule is CC(=O)OCC1=C(C(=O)[O-])N2C(=O)C(NC(=O)C(=CS(=O)(=O)c3ccccc3)c3csc(N)n3)[C@@H]2SC1.[Na+]. The number of thiazole rings is 1. The molecule has 0 radical (unpaired) electrons. The molecular weight excluding hydrogens is 567 g/mol. The van der Waals surface area contributed by atoms with Crippen molar-refractivity contribution in [2.75, 3.05) is 18.1 Å². The third-order valence-corrected chi connectivity index (χ3v) is 8.85. The molecule has 12 nitrogen and oxygen atoms in total. The van der Waals surface area contributed by atoms with Crippen LogP contribution in [0.2, 0.25) is 0 Å². The van der Waals surface area contributed by atoms with Gasteiger partial charge < -0.3 is 25.7 Å². The molecule has 16 heteroatoms. The Hall–Kier alpha value is -2.69. The van der Waals surface area contributed by atoms with Gasteiger partial charge in [-0.3, -0.25) is 19.3 Å². The zero-order valence-electron chi connectivity index (χ0n) is 20.1. The quantitative estimate of drug-likeness (QED) is 0.135. The molecule has 2 atom stereocenters. The van der Waals surface area contributed by atoms with Crippen LogP contribution in [0.3, 0.4) is 0 Å². The summed E-state index contributed by atoms with van der Waals surface area (Å²) < 4.78 is 30.8. The predicted octanol–water partition coefficient (Wildman–Crippen LogP) is -3.49. The number of benzene rings is 1. The van der Waals surface area contributed by atoms with Crippen molar-refractivity contribution in [2.45, 2.75) is 23.2 Å². The van der Waals surface area contributed by atoms with Crippen molar-refractivity contribution in [1.82, 2.24) is 15.2 Å². The van der Waals surface area contributed by atoms with E-state index in [0.29, 0.717) is 0 Å². The van der Waals surface area contributed by atoms with Gasteiger partial charge in [0.15, 0.2) is 5.13 Å². The van der Waals surface area contributed by atoms with E-state index in [0.717, 1.165) is 40.3 Å². The minimum atomic E-state index is -4.08. The molecule has 0 aliphatic carbocycles. The molecule has 1 aromatic carbocycles. The maximum atomic E-state index is 13.2. The smallest absolute Gasteiger partial charge is 0.543 e. The molecule has 1 aromatic heterocycles. The summed E-state index contributed by atoms with van der Waals surface area (Å²) in [5.41, 5.74) is 5.10. The van der Waals surface area contributed by atoms with Crippen LogP contribution in [0.5, 0.6) is 0 Å². The maximum absolute atomic E-state index is 13.2. The van der Waals surface area contributed by atoms with E-state index in [2.05, 4.69) is 10.3 Å². The van der Waals surface area contributed by atoms with E-state index in [1.807, 2.05) is 0 Å². The van der Waals surface area contributed by atoms with Gasteiger partial charge >= 0.3 is 35.5 Å². The van der Waals surface area contributed by atoms with Gasteiger partial charge in [0.2, 0.25) is 9.84 Å². The van der Waals surface area contributed by atoms with Crippen molar-refractivity contribution in [3.63, 3.8) is 0 Å². The van der Waals surface area contributed by atoms with Crippen LogP contribution < -0.4 is 45.7 Å². The number of hydrogen-bond acceptors (Lipinski definition) is 12. The molecular formula is C22H19N4NaO8S3. The molecule has 0 saturated carbocycles. The third-order valence-electron chi connectivity index (χ3n) is 5.36. The predicted molar refractivity (Wildman–Crippen MR) is 132 cm³/mol. The van der Waals surface area contributed by atoms with Crippen LogP contribution >= 0.6 is 23.1 Å². The average molecular weight is 587 g/mol. The first-order valence-corrected chi connectivity index (χ1v) is 14.0. The number of aromatic nitrogens is 1. The zero-order chi connectivity index (χ0) is 26.9. The molecule has 0 bridgehead atoms. The Morgan fingerprint density at radius 2 is 1.97 bits per heavy atom. The van der Waals surface area contributed by atoms with Crippen LogP contribution in [0, 0.1) is 0 Å². The van der Waals surface area contributed by atoms with E-state index in [9.17, 15) is 32.7 Å². The Balaban J connectivity index is 0.00000400. The van der Waals surface area contributed by atoms with Gasteiger partial charge in [0, 0.05) is 23.6 Å². The topological polar surface area (TPSA) is 189 Å². The van der Waals surface area contributed by atoms with E-state index < -0.39 is 50.7 Å². The van der Waals surface area contributed by atoms with Gasteiger partial charge in [-0.25, -0.2) is 13.4 Å². The number of anilines is 1. The number of carbonyl (C=O) groups is 4. The number of aliphatic carboxylic acids is 1. The number of nitrogens with zero attached hydrogens (tertiary/aromatic N) is 2. The average Bonchev–Trinajstić information content (AvgIpc) is 3.29. The summed E-state index contributed by atoms with van der Waals surface area (Å²) in [7, 11) is -4.08. The van der Waals surface area contributed by atoms with Crippen molar-refractivity contribution in [3.8, 4) is 0 Å². The number of ether oxygens (including phenoxy) is 1. The van der Waals surface area contributed by atoms with E-state index >= 15 is 0 Å². The Kier molecular flexibility index (Phi) is 9.43. The number of hydrogen-bond donors (Lipinski definition) is 2. The molecule has 1 fully saturated rings. The molecule has 1 saturated heterocycles. The fourth-order valence-electron chi connectivity index (χ4n) is 3.67. The largest absolute Gasteiger partial charge is 1.00 e.